The van der Waals surface area contributed by atoms with Crippen molar-refractivity contribution in [3.8, 4) is 55.9 Å². The van der Waals surface area contributed by atoms with Crippen molar-refractivity contribution >= 4 is 84.6 Å². The zero-order chi connectivity index (χ0) is 34.9. The smallest absolute Gasteiger partial charge is 0.164 e. The second kappa shape index (κ2) is 12.2. The van der Waals surface area contributed by atoms with E-state index in [1.807, 2.05) is 46.9 Å². The van der Waals surface area contributed by atoms with Gasteiger partial charge in [0.1, 0.15) is 5.01 Å². The number of fused-ring (bicyclic) bond motifs is 8. The van der Waals surface area contributed by atoms with Crippen molar-refractivity contribution in [1.82, 2.24) is 19.9 Å². The number of benzene rings is 7. The predicted molar refractivity (Wildman–Crippen MR) is 226 cm³/mol. The van der Waals surface area contributed by atoms with Gasteiger partial charge in [-0.3, -0.25) is 0 Å². The van der Waals surface area contributed by atoms with Crippen LogP contribution in [0.3, 0.4) is 0 Å². The van der Waals surface area contributed by atoms with Gasteiger partial charge in [-0.25, -0.2) is 19.9 Å². The topological polar surface area (TPSA) is 51.6 Å². The summed E-state index contributed by atoms with van der Waals surface area (Å²) in [5.41, 5.74) is 7.40. The Hall–Kier alpha value is -6.12. The highest BCUT2D eigenvalue weighted by Gasteiger charge is 2.19. The second-order valence-electron chi connectivity index (χ2n) is 13.0. The Labute approximate surface area is 316 Å². The van der Waals surface area contributed by atoms with E-state index >= 15 is 0 Å². The molecule has 0 spiro atoms. The highest BCUT2D eigenvalue weighted by molar-refractivity contribution is 7.29. The summed E-state index contributed by atoms with van der Waals surface area (Å²) in [6.45, 7) is 0. The molecular formula is C46H26N4S3. The third-order valence-electron chi connectivity index (χ3n) is 9.80. The molecule has 11 rings (SSSR count). The minimum absolute atomic E-state index is 0.647. The van der Waals surface area contributed by atoms with Gasteiger partial charge in [0.05, 0.1) is 10.2 Å². The van der Waals surface area contributed by atoms with Gasteiger partial charge in [-0.1, -0.05) is 121 Å². The van der Waals surface area contributed by atoms with Crippen molar-refractivity contribution in [2.75, 3.05) is 0 Å². The summed E-state index contributed by atoms with van der Waals surface area (Å²) in [4.78, 5) is 20.4. The van der Waals surface area contributed by atoms with Crippen LogP contribution >= 0.6 is 34.0 Å². The quantitative estimate of drug-likeness (QED) is 0.177. The molecule has 248 valence electrons. The van der Waals surface area contributed by atoms with E-state index in [0.717, 1.165) is 32.8 Å². The molecule has 0 atom stereocenters. The SMILES string of the molecule is c1ccc(-c2ccc(-c3nc(-c4ccccc4)nc(-c4ccc5sc6ccc7nc(-c8cccc9c8sc8ccccc89)sc7c6c5c4)n3)cc2)cc1. The van der Waals surface area contributed by atoms with Gasteiger partial charge in [0.2, 0.25) is 0 Å². The van der Waals surface area contributed by atoms with E-state index in [9.17, 15) is 0 Å². The molecular weight excluding hydrogens is 705 g/mol. The van der Waals surface area contributed by atoms with Gasteiger partial charge in [-0.05, 0) is 47.5 Å². The fourth-order valence-corrected chi connectivity index (χ4v) is 10.8. The van der Waals surface area contributed by atoms with Crippen molar-refractivity contribution in [1.29, 1.82) is 0 Å². The molecule has 0 radical (unpaired) electrons. The number of hydrogen-bond acceptors (Lipinski definition) is 7. The standard InChI is InChI=1S/C46H26N4S3/c1-3-10-27(11-4-1)28-18-20-30(21-19-28)44-48-43(29-12-5-2-6-13-29)49-45(50-44)31-22-24-38-35(26-31)40-39(51-38)25-23-36-42(40)53-46(47-36)34-16-9-15-33-32-14-7-8-17-37(32)52-41(33)34/h1-26H. The van der Waals surface area contributed by atoms with Crippen molar-refractivity contribution in [3.05, 3.63) is 158 Å². The van der Waals surface area contributed by atoms with Crippen LogP contribution in [0.5, 0.6) is 0 Å². The summed E-state index contributed by atoms with van der Waals surface area (Å²) in [5, 5.41) is 6.07. The molecule has 7 aromatic carbocycles. The fraction of sp³-hybridized carbons (Fsp3) is 0. The van der Waals surface area contributed by atoms with Gasteiger partial charge in [0, 0.05) is 62.6 Å². The Morgan fingerprint density at radius 3 is 1.72 bits per heavy atom. The second-order valence-corrected chi connectivity index (χ2v) is 16.2. The first-order chi connectivity index (χ1) is 26.2. The Morgan fingerprint density at radius 1 is 0.340 bits per heavy atom. The first kappa shape index (κ1) is 30.5. The van der Waals surface area contributed by atoms with Gasteiger partial charge < -0.3 is 0 Å². The van der Waals surface area contributed by atoms with Crippen LogP contribution in [0.4, 0.5) is 0 Å². The van der Waals surface area contributed by atoms with Crippen molar-refractivity contribution < 1.29 is 0 Å². The maximum absolute atomic E-state index is 5.23. The van der Waals surface area contributed by atoms with E-state index in [4.69, 9.17) is 19.9 Å². The summed E-state index contributed by atoms with van der Waals surface area (Å²) in [6.07, 6.45) is 0. The summed E-state index contributed by atoms with van der Waals surface area (Å²) in [5.74, 6) is 1.95. The largest absolute Gasteiger partial charge is 0.236 e. The lowest BCUT2D eigenvalue weighted by molar-refractivity contribution is 1.07. The Kier molecular flexibility index (Phi) is 7.05. The molecule has 0 saturated heterocycles. The predicted octanol–water partition coefficient (Wildman–Crippen LogP) is 13.6. The zero-order valence-corrected chi connectivity index (χ0v) is 30.5. The lowest BCUT2D eigenvalue weighted by atomic mass is 10.0. The lowest BCUT2D eigenvalue weighted by Crippen LogP contribution is -2.00. The van der Waals surface area contributed by atoms with Crippen LogP contribution in [0.2, 0.25) is 0 Å². The molecule has 0 saturated carbocycles. The van der Waals surface area contributed by atoms with E-state index in [2.05, 4.69) is 133 Å². The molecule has 0 amide bonds. The summed E-state index contributed by atoms with van der Waals surface area (Å²) < 4.78 is 6.28. The van der Waals surface area contributed by atoms with Crippen LogP contribution in [0, 0.1) is 0 Å². The van der Waals surface area contributed by atoms with Crippen LogP contribution in [-0.2, 0) is 0 Å². The maximum Gasteiger partial charge on any atom is 0.164 e. The van der Waals surface area contributed by atoms with Crippen LogP contribution in [0.15, 0.2) is 158 Å². The molecule has 0 aliphatic rings. The Morgan fingerprint density at radius 2 is 0.925 bits per heavy atom. The van der Waals surface area contributed by atoms with Crippen LogP contribution in [0.25, 0.3) is 106 Å². The third-order valence-corrected chi connectivity index (χ3v) is 13.3. The van der Waals surface area contributed by atoms with E-state index in [1.165, 1.54) is 56.2 Å². The van der Waals surface area contributed by atoms with Gasteiger partial charge in [-0.15, -0.1) is 34.0 Å². The van der Waals surface area contributed by atoms with Gasteiger partial charge in [0.25, 0.3) is 0 Å². The molecule has 7 heteroatoms. The molecule has 11 aromatic rings. The molecule has 4 aromatic heterocycles. The van der Waals surface area contributed by atoms with Gasteiger partial charge >= 0.3 is 0 Å². The summed E-state index contributed by atoms with van der Waals surface area (Å²) in [7, 11) is 0. The van der Waals surface area contributed by atoms with Crippen molar-refractivity contribution in [3.63, 3.8) is 0 Å². The average Bonchev–Trinajstić information content (AvgIpc) is 3.94. The molecule has 4 nitrogen and oxygen atoms in total. The number of aromatic nitrogens is 4. The summed E-state index contributed by atoms with van der Waals surface area (Å²) in [6, 6.07) is 55.3. The van der Waals surface area contributed by atoms with E-state index < -0.39 is 0 Å². The lowest BCUT2D eigenvalue weighted by Gasteiger charge is -2.09. The highest BCUT2D eigenvalue weighted by Crippen LogP contribution is 2.46. The van der Waals surface area contributed by atoms with Crippen LogP contribution < -0.4 is 0 Å². The molecule has 0 fully saturated rings. The van der Waals surface area contributed by atoms with Gasteiger partial charge in [-0.2, -0.15) is 0 Å². The molecule has 0 aliphatic carbocycles. The highest BCUT2D eigenvalue weighted by atomic mass is 32.1. The van der Waals surface area contributed by atoms with Crippen LogP contribution in [-0.4, -0.2) is 19.9 Å². The van der Waals surface area contributed by atoms with Gasteiger partial charge in [0.15, 0.2) is 17.5 Å². The molecule has 0 N–H and O–H groups in total. The number of rotatable bonds is 5. The minimum atomic E-state index is 0.647. The summed E-state index contributed by atoms with van der Waals surface area (Å²) >= 11 is 5.45. The number of nitrogens with zero attached hydrogens (tertiary/aromatic N) is 4. The monoisotopic (exact) mass is 730 g/mol. The van der Waals surface area contributed by atoms with Crippen LogP contribution in [0.1, 0.15) is 0 Å². The maximum atomic E-state index is 5.23. The minimum Gasteiger partial charge on any atom is -0.236 e. The normalized spacial score (nSPS) is 11.8. The third kappa shape index (κ3) is 5.16. The van der Waals surface area contributed by atoms with Crippen molar-refractivity contribution in [2.24, 2.45) is 0 Å². The Bertz CT molecular complexity index is 3160. The van der Waals surface area contributed by atoms with E-state index in [1.54, 1.807) is 11.3 Å². The molecule has 53 heavy (non-hydrogen) atoms. The Balaban J connectivity index is 1.06. The van der Waals surface area contributed by atoms with E-state index in [0.29, 0.717) is 17.5 Å². The first-order valence-electron chi connectivity index (χ1n) is 17.4. The zero-order valence-electron chi connectivity index (χ0n) is 28.0. The molecule has 0 bridgehead atoms. The number of hydrogen-bond donors (Lipinski definition) is 0. The number of thiazole rings is 1. The fourth-order valence-electron chi connectivity index (χ4n) is 7.21. The number of thiophene rings is 2. The molecule has 4 heterocycles. The molecule has 0 unspecified atom stereocenters. The average molecular weight is 731 g/mol. The van der Waals surface area contributed by atoms with E-state index in [-0.39, 0.29) is 0 Å². The first-order valence-corrected chi connectivity index (χ1v) is 19.8. The van der Waals surface area contributed by atoms with Crippen molar-refractivity contribution in [2.45, 2.75) is 0 Å². The molecule has 0 aliphatic heterocycles.